The minimum atomic E-state index is -0.149. The summed E-state index contributed by atoms with van der Waals surface area (Å²) in [5, 5.41) is 0. The maximum atomic E-state index is 11.1. The molecule has 0 fully saturated rings. The van der Waals surface area contributed by atoms with Crippen LogP contribution in [0.5, 0.6) is 0 Å². The average Bonchev–Trinajstić information content (AvgIpc) is 2.38. The van der Waals surface area contributed by atoms with Crippen molar-refractivity contribution >= 4 is 11.7 Å². The second kappa shape index (κ2) is 5.87. The summed E-state index contributed by atoms with van der Waals surface area (Å²) in [6.07, 6.45) is 2.20. The molecule has 1 atom stereocenters. The van der Waals surface area contributed by atoms with Crippen LogP contribution in [-0.2, 0) is 16.0 Å². The summed E-state index contributed by atoms with van der Waals surface area (Å²) in [5.74, 6) is -0.149. The van der Waals surface area contributed by atoms with E-state index in [2.05, 4.69) is 21.8 Å². The molecule has 0 aromatic heterocycles. The molecule has 0 amide bonds. The van der Waals surface area contributed by atoms with Crippen molar-refractivity contribution in [3.63, 3.8) is 0 Å². The van der Waals surface area contributed by atoms with Gasteiger partial charge in [-0.3, -0.25) is 4.79 Å². The standard InChI is InChI=1S/C14H20N2O2/c1-18-14(17)7-4-8-16-10-12(15)9-11-5-2-3-6-13(11)16/h2-3,5-6,12H,4,7-10,15H2,1H3. The second-order valence-electron chi connectivity index (χ2n) is 4.72. The summed E-state index contributed by atoms with van der Waals surface area (Å²) in [7, 11) is 1.43. The molecule has 1 aliphatic rings. The number of nitrogens with zero attached hydrogens (tertiary/aromatic N) is 1. The molecule has 4 heteroatoms. The lowest BCUT2D eigenvalue weighted by atomic mass is 9.98. The highest BCUT2D eigenvalue weighted by molar-refractivity contribution is 5.69. The van der Waals surface area contributed by atoms with Gasteiger partial charge in [0.1, 0.15) is 0 Å². The maximum Gasteiger partial charge on any atom is 0.305 e. The van der Waals surface area contributed by atoms with Gasteiger partial charge in [-0.25, -0.2) is 0 Å². The Kier molecular flexibility index (Phi) is 4.20. The molecule has 0 spiro atoms. The molecule has 0 radical (unpaired) electrons. The molecule has 2 N–H and O–H groups in total. The van der Waals surface area contributed by atoms with Crippen LogP contribution < -0.4 is 10.6 Å². The van der Waals surface area contributed by atoms with Gasteiger partial charge >= 0.3 is 5.97 Å². The summed E-state index contributed by atoms with van der Waals surface area (Å²) in [6, 6.07) is 8.52. The first-order chi connectivity index (χ1) is 8.70. The van der Waals surface area contributed by atoms with E-state index in [0.29, 0.717) is 6.42 Å². The van der Waals surface area contributed by atoms with Crippen LogP contribution in [0.4, 0.5) is 5.69 Å². The molecule has 1 heterocycles. The van der Waals surface area contributed by atoms with E-state index in [1.165, 1.54) is 18.4 Å². The first-order valence-electron chi connectivity index (χ1n) is 6.36. The van der Waals surface area contributed by atoms with Crippen LogP contribution in [0.25, 0.3) is 0 Å². The molecule has 0 aliphatic carbocycles. The number of nitrogens with two attached hydrogens (primary N) is 1. The van der Waals surface area contributed by atoms with Crippen LogP contribution in [0, 0.1) is 0 Å². The van der Waals surface area contributed by atoms with Crippen LogP contribution in [0.15, 0.2) is 24.3 Å². The van der Waals surface area contributed by atoms with Gasteiger partial charge in [0.25, 0.3) is 0 Å². The molecule has 0 bridgehead atoms. The number of carbonyl (C=O) groups is 1. The van der Waals surface area contributed by atoms with Crippen LogP contribution >= 0.6 is 0 Å². The number of ether oxygens (including phenoxy) is 1. The SMILES string of the molecule is COC(=O)CCCN1CC(N)Cc2ccccc21. The van der Waals surface area contributed by atoms with E-state index in [-0.39, 0.29) is 12.0 Å². The lowest BCUT2D eigenvalue weighted by Crippen LogP contribution is -2.43. The first-order valence-corrected chi connectivity index (χ1v) is 6.36. The van der Waals surface area contributed by atoms with Crippen LogP contribution in [-0.4, -0.2) is 32.2 Å². The van der Waals surface area contributed by atoms with Crippen molar-refractivity contribution in [3.8, 4) is 0 Å². The van der Waals surface area contributed by atoms with Crippen molar-refractivity contribution in [2.75, 3.05) is 25.1 Å². The zero-order valence-electron chi connectivity index (χ0n) is 10.8. The maximum absolute atomic E-state index is 11.1. The first kappa shape index (κ1) is 12.9. The number of carbonyl (C=O) groups excluding carboxylic acids is 1. The van der Waals surface area contributed by atoms with E-state index < -0.39 is 0 Å². The third-order valence-corrected chi connectivity index (χ3v) is 3.31. The smallest absolute Gasteiger partial charge is 0.305 e. The Hall–Kier alpha value is -1.55. The van der Waals surface area contributed by atoms with E-state index in [0.717, 1.165) is 25.9 Å². The van der Waals surface area contributed by atoms with Crippen LogP contribution in [0.2, 0.25) is 0 Å². The average molecular weight is 248 g/mol. The van der Waals surface area contributed by atoms with Gasteiger partial charge in [0.15, 0.2) is 0 Å². The Morgan fingerprint density at radius 2 is 2.28 bits per heavy atom. The number of fused-ring (bicyclic) bond motifs is 1. The van der Waals surface area contributed by atoms with Crippen molar-refractivity contribution in [1.82, 2.24) is 0 Å². The van der Waals surface area contributed by atoms with Crippen molar-refractivity contribution in [2.45, 2.75) is 25.3 Å². The number of benzene rings is 1. The molecule has 1 aliphatic heterocycles. The van der Waals surface area contributed by atoms with Gasteiger partial charge in [0, 0.05) is 31.2 Å². The summed E-state index contributed by atoms with van der Waals surface area (Å²) >= 11 is 0. The quantitative estimate of drug-likeness (QED) is 0.817. The van der Waals surface area contributed by atoms with E-state index in [4.69, 9.17) is 5.73 Å². The number of hydrogen-bond acceptors (Lipinski definition) is 4. The van der Waals surface area contributed by atoms with E-state index >= 15 is 0 Å². The predicted molar refractivity (Wildman–Crippen MR) is 71.6 cm³/mol. The summed E-state index contributed by atoms with van der Waals surface area (Å²) < 4.78 is 4.65. The third kappa shape index (κ3) is 3.01. The minimum Gasteiger partial charge on any atom is -0.469 e. The van der Waals surface area contributed by atoms with Crippen molar-refractivity contribution < 1.29 is 9.53 Å². The number of rotatable bonds is 4. The monoisotopic (exact) mass is 248 g/mol. The van der Waals surface area contributed by atoms with E-state index in [1.54, 1.807) is 0 Å². The zero-order valence-corrected chi connectivity index (χ0v) is 10.8. The summed E-state index contributed by atoms with van der Waals surface area (Å²) in [6.45, 7) is 1.71. The lowest BCUT2D eigenvalue weighted by molar-refractivity contribution is -0.140. The number of hydrogen-bond donors (Lipinski definition) is 1. The van der Waals surface area contributed by atoms with Gasteiger partial charge in [-0.1, -0.05) is 18.2 Å². The van der Waals surface area contributed by atoms with Gasteiger partial charge in [-0.05, 0) is 24.5 Å². The van der Waals surface area contributed by atoms with Crippen LogP contribution in [0.1, 0.15) is 18.4 Å². The molecular weight excluding hydrogens is 228 g/mol. The summed E-state index contributed by atoms with van der Waals surface area (Å²) in [5.41, 5.74) is 8.62. The van der Waals surface area contributed by atoms with Crippen molar-refractivity contribution in [2.24, 2.45) is 5.73 Å². The number of para-hydroxylation sites is 1. The molecule has 0 saturated heterocycles. The molecule has 0 saturated carbocycles. The van der Waals surface area contributed by atoms with Gasteiger partial charge < -0.3 is 15.4 Å². The van der Waals surface area contributed by atoms with E-state index in [1.807, 2.05) is 12.1 Å². The number of methoxy groups -OCH3 is 1. The molecule has 98 valence electrons. The Balaban J connectivity index is 1.98. The highest BCUT2D eigenvalue weighted by Crippen LogP contribution is 2.26. The molecule has 1 aromatic rings. The largest absolute Gasteiger partial charge is 0.469 e. The van der Waals surface area contributed by atoms with E-state index in [9.17, 15) is 4.79 Å². The Labute approximate surface area is 108 Å². The molecular formula is C14H20N2O2. The fourth-order valence-electron chi connectivity index (χ4n) is 2.45. The fraction of sp³-hybridized carbons (Fsp3) is 0.500. The highest BCUT2D eigenvalue weighted by Gasteiger charge is 2.21. The van der Waals surface area contributed by atoms with Crippen LogP contribution in [0.3, 0.4) is 0 Å². The lowest BCUT2D eigenvalue weighted by Gasteiger charge is -2.34. The molecule has 4 nitrogen and oxygen atoms in total. The number of anilines is 1. The van der Waals surface area contributed by atoms with Crippen molar-refractivity contribution in [3.05, 3.63) is 29.8 Å². The zero-order chi connectivity index (χ0) is 13.0. The fourth-order valence-corrected chi connectivity index (χ4v) is 2.45. The molecule has 1 aromatic carbocycles. The van der Waals surface area contributed by atoms with Gasteiger partial charge in [-0.15, -0.1) is 0 Å². The molecule has 1 unspecified atom stereocenters. The highest BCUT2D eigenvalue weighted by atomic mass is 16.5. The van der Waals surface area contributed by atoms with Gasteiger partial charge in [-0.2, -0.15) is 0 Å². The third-order valence-electron chi connectivity index (χ3n) is 3.31. The number of esters is 1. The molecule has 18 heavy (non-hydrogen) atoms. The topological polar surface area (TPSA) is 55.6 Å². The Morgan fingerprint density at radius 3 is 3.06 bits per heavy atom. The predicted octanol–water partition coefficient (Wildman–Crippen LogP) is 1.33. The van der Waals surface area contributed by atoms with Gasteiger partial charge in [0.2, 0.25) is 0 Å². The normalized spacial score (nSPS) is 18.3. The minimum absolute atomic E-state index is 0.149. The van der Waals surface area contributed by atoms with Gasteiger partial charge in [0.05, 0.1) is 7.11 Å². The molecule has 2 rings (SSSR count). The van der Waals surface area contributed by atoms with Crippen molar-refractivity contribution in [1.29, 1.82) is 0 Å². The Morgan fingerprint density at radius 1 is 1.50 bits per heavy atom. The Bertz CT molecular complexity index is 420. The summed E-state index contributed by atoms with van der Waals surface area (Å²) in [4.78, 5) is 13.4. The second-order valence-corrected chi connectivity index (χ2v) is 4.72.